The average molecular weight is 364 g/mol. The quantitative estimate of drug-likeness (QED) is 0.740. The summed E-state index contributed by atoms with van der Waals surface area (Å²) in [5, 5.41) is 3.95. The molecule has 0 bridgehead atoms. The molecule has 0 unspecified atom stereocenters. The number of ether oxygens (including phenoxy) is 1. The second-order valence-electron chi connectivity index (χ2n) is 8.35. The summed E-state index contributed by atoms with van der Waals surface area (Å²) in [6.07, 6.45) is 5.12. The maximum atomic E-state index is 12.3. The highest BCUT2D eigenvalue weighted by Gasteiger charge is 2.41. The van der Waals surface area contributed by atoms with Crippen molar-refractivity contribution in [1.82, 2.24) is 19.9 Å². The molecule has 1 spiro atoms. The van der Waals surface area contributed by atoms with Gasteiger partial charge in [-0.1, -0.05) is 19.0 Å². The van der Waals surface area contributed by atoms with Crippen LogP contribution in [0.4, 0.5) is 0 Å². The number of carbonyl (C=O) groups is 1. The number of piperidine rings is 2. The van der Waals surface area contributed by atoms with E-state index in [1.165, 1.54) is 6.42 Å². The second-order valence-corrected chi connectivity index (χ2v) is 8.35. The fraction of sp³-hybridized carbons (Fsp3) is 0.842. The van der Waals surface area contributed by atoms with E-state index in [2.05, 4.69) is 33.8 Å². The van der Waals surface area contributed by atoms with Crippen molar-refractivity contribution in [3.63, 3.8) is 0 Å². The molecule has 7 heteroatoms. The van der Waals surface area contributed by atoms with Gasteiger partial charge in [-0.25, -0.2) is 0 Å². The van der Waals surface area contributed by atoms with Crippen molar-refractivity contribution in [1.29, 1.82) is 0 Å². The molecule has 3 rings (SSSR count). The Labute approximate surface area is 156 Å². The summed E-state index contributed by atoms with van der Waals surface area (Å²) >= 11 is 0. The van der Waals surface area contributed by atoms with Crippen LogP contribution in [0.5, 0.6) is 0 Å². The van der Waals surface area contributed by atoms with E-state index in [-0.39, 0.29) is 5.41 Å². The highest BCUT2D eigenvalue weighted by atomic mass is 16.5. The first-order chi connectivity index (χ1) is 12.5. The predicted molar refractivity (Wildman–Crippen MR) is 97.2 cm³/mol. The SMILES string of the molecule is COCc1noc(CN2CCC[C@]3(CCC(=O)N(CCC(C)C)C3)C2)n1. The minimum Gasteiger partial charge on any atom is -0.377 e. The van der Waals surface area contributed by atoms with E-state index in [1.54, 1.807) is 7.11 Å². The van der Waals surface area contributed by atoms with E-state index in [9.17, 15) is 4.79 Å². The second kappa shape index (κ2) is 8.48. The van der Waals surface area contributed by atoms with Gasteiger partial charge in [0.1, 0.15) is 6.61 Å². The average Bonchev–Trinajstić information content (AvgIpc) is 3.03. The van der Waals surface area contributed by atoms with Gasteiger partial charge < -0.3 is 14.2 Å². The van der Waals surface area contributed by atoms with Gasteiger partial charge in [-0.2, -0.15) is 4.98 Å². The van der Waals surface area contributed by atoms with Crippen LogP contribution < -0.4 is 0 Å². The molecule has 2 saturated heterocycles. The molecule has 7 nitrogen and oxygen atoms in total. The Hall–Kier alpha value is -1.47. The zero-order valence-corrected chi connectivity index (χ0v) is 16.4. The van der Waals surface area contributed by atoms with Crippen LogP contribution in [0.3, 0.4) is 0 Å². The summed E-state index contributed by atoms with van der Waals surface area (Å²) in [5.41, 5.74) is 0.221. The van der Waals surface area contributed by atoms with E-state index in [4.69, 9.17) is 9.26 Å². The molecule has 0 aromatic carbocycles. The molecule has 146 valence electrons. The highest BCUT2D eigenvalue weighted by molar-refractivity contribution is 5.77. The summed E-state index contributed by atoms with van der Waals surface area (Å²) < 4.78 is 10.4. The molecule has 2 aliphatic rings. The van der Waals surface area contributed by atoms with E-state index in [0.717, 1.165) is 45.4 Å². The zero-order chi connectivity index (χ0) is 18.6. The lowest BCUT2D eigenvalue weighted by atomic mass is 9.73. The first-order valence-electron chi connectivity index (χ1n) is 9.80. The lowest BCUT2D eigenvalue weighted by molar-refractivity contribution is -0.139. The van der Waals surface area contributed by atoms with Gasteiger partial charge in [0, 0.05) is 38.6 Å². The van der Waals surface area contributed by atoms with E-state index in [1.807, 2.05) is 0 Å². The van der Waals surface area contributed by atoms with Crippen molar-refractivity contribution < 1.29 is 14.1 Å². The van der Waals surface area contributed by atoms with E-state index >= 15 is 0 Å². The molecular formula is C19H32N4O3. The number of rotatable bonds is 7. The van der Waals surface area contributed by atoms with E-state index < -0.39 is 0 Å². The van der Waals surface area contributed by atoms with E-state index in [0.29, 0.717) is 43.1 Å². The van der Waals surface area contributed by atoms with Crippen LogP contribution >= 0.6 is 0 Å². The third-order valence-corrected chi connectivity index (χ3v) is 5.61. The Kier molecular flexibility index (Phi) is 6.29. The molecule has 0 aliphatic carbocycles. The van der Waals surface area contributed by atoms with Crippen LogP contribution in [-0.4, -0.2) is 59.1 Å². The maximum Gasteiger partial charge on any atom is 0.240 e. The molecule has 1 aromatic rings. The molecule has 2 aliphatic heterocycles. The van der Waals surface area contributed by atoms with Crippen LogP contribution in [-0.2, 0) is 22.7 Å². The topological polar surface area (TPSA) is 71.7 Å². The maximum absolute atomic E-state index is 12.3. The normalized spacial score (nSPS) is 24.8. The minimum atomic E-state index is 0.221. The molecule has 26 heavy (non-hydrogen) atoms. The smallest absolute Gasteiger partial charge is 0.240 e. The van der Waals surface area contributed by atoms with Gasteiger partial charge in [-0.3, -0.25) is 9.69 Å². The standard InChI is InChI=1S/C19H32N4O3/c1-15(2)6-10-23-14-19(8-5-18(23)24)7-4-9-22(13-19)11-17-20-16(12-25-3)21-26-17/h15H,4-14H2,1-3H3/t19-/m0/s1. The third-order valence-electron chi connectivity index (χ3n) is 5.61. The van der Waals surface area contributed by atoms with Crippen molar-refractivity contribution in [2.75, 3.05) is 33.3 Å². The van der Waals surface area contributed by atoms with Crippen LogP contribution in [0.15, 0.2) is 4.52 Å². The summed E-state index contributed by atoms with van der Waals surface area (Å²) in [6, 6.07) is 0. The Balaban J connectivity index is 1.59. The molecule has 0 N–H and O–H groups in total. The fourth-order valence-electron chi connectivity index (χ4n) is 4.23. The lowest BCUT2D eigenvalue weighted by Crippen LogP contribution is -2.54. The lowest BCUT2D eigenvalue weighted by Gasteiger charge is -2.48. The van der Waals surface area contributed by atoms with Crippen molar-refractivity contribution in [3.05, 3.63) is 11.7 Å². The molecule has 0 radical (unpaired) electrons. The summed E-state index contributed by atoms with van der Waals surface area (Å²) in [4.78, 5) is 21.2. The van der Waals surface area contributed by atoms with Crippen molar-refractivity contribution >= 4 is 5.91 Å². The van der Waals surface area contributed by atoms with Crippen LogP contribution in [0.1, 0.15) is 57.7 Å². The summed E-state index contributed by atoms with van der Waals surface area (Å²) in [5.74, 6) is 2.20. The van der Waals surface area contributed by atoms with Gasteiger partial charge in [0.25, 0.3) is 0 Å². The first-order valence-corrected chi connectivity index (χ1v) is 9.80. The van der Waals surface area contributed by atoms with Crippen molar-refractivity contribution in [2.24, 2.45) is 11.3 Å². The number of methoxy groups -OCH3 is 1. The molecule has 0 saturated carbocycles. The third kappa shape index (κ3) is 4.82. The first kappa shape index (κ1) is 19.3. The van der Waals surface area contributed by atoms with Crippen LogP contribution in [0.25, 0.3) is 0 Å². The van der Waals surface area contributed by atoms with Gasteiger partial charge in [0.15, 0.2) is 5.82 Å². The highest BCUT2D eigenvalue weighted by Crippen LogP contribution is 2.39. The number of hydrogen-bond donors (Lipinski definition) is 0. The van der Waals surface area contributed by atoms with Crippen molar-refractivity contribution in [3.8, 4) is 0 Å². The summed E-state index contributed by atoms with van der Waals surface area (Å²) in [6.45, 7) is 9.32. The fourth-order valence-corrected chi connectivity index (χ4v) is 4.23. The number of carbonyl (C=O) groups excluding carboxylic acids is 1. The van der Waals surface area contributed by atoms with Gasteiger partial charge in [-0.05, 0) is 38.1 Å². The summed E-state index contributed by atoms with van der Waals surface area (Å²) in [7, 11) is 1.62. The zero-order valence-electron chi connectivity index (χ0n) is 16.4. The van der Waals surface area contributed by atoms with Crippen LogP contribution in [0, 0.1) is 11.3 Å². The van der Waals surface area contributed by atoms with Gasteiger partial charge >= 0.3 is 0 Å². The van der Waals surface area contributed by atoms with Crippen molar-refractivity contribution in [2.45, 2.75) is 59.1 Å². The van der Waals surface area contributed by atoms with Crippen LogP contribution in [0.2, 0.25) is 0 Å². The monoisotopic (exact) mass is 364 g/mol. The Morgan fingerprint density at radius 3 is 2.92 bits per heavy atom. The molecule has 2 fully saturated rings. The Bertz CT molecular complexity index is 603. The van der Waals surface area contributed by atoms with Gasteiger partial charge in [0.2, 0.25) is 11.8 Å². The predicted octanol–water partition coefficient (Wildman–Crippen LogP) is 2.47. The number of hydrogen-bond acceptors (Lipinski definition) is 6. The number of nitrogens with zero attached hydrogens (tertiary/aromatic N) is 4. The molecule has 1 atom stereocenters. The number of likely N-dealkylation sites (tertiary alicyclic amines) is 2. The number of aromatic nitrogens is 2. The molecule has 1 aromatic heterocycles. The number of amides is 1. The Morgan fingerprint density at radius 2 is 2.15 bits per heavy atom. The Morgan fingerprint density at radius 1 is 1.31 bits per heavy atom. The minimum absolute atomic E-state index is 0.221. The molecule has 1 amide bonds. The largest absolute Gasteiger partial charge is 0.377 e. The van der Waals surface area contributed by atoms with Gasteiger partial charge in [0.05, 0.1) is 6.54 Å². The molecule has 3 heterocycles. The molecular weight excluding hydrogens is 332 g/mol. The van der Waals surface area contributed by atoms with Gasteiger partial charge in [-0.15, -0.1) is 0 Å².